The minimum absolute atomic E-state index is 0.0555. The lowest BCUT2D eigenvalue weighted by Gasteiger charge is -2.23. The molecule has 1 heterocycles. The number of aromatic nitrogens is 1. The molecule has 40 heavy (non-hydrogen) atoms. The standard InChI is InChI=1S/C30H25FN4O3S2/c1-3-34(25-7-5-4-6-8-25)40(37,38)26-16-13-23(14-17-26)29(36)35(32-20-22-11-9-21(2)10-12-22)30-33-27-18-15-24(31)19-28(27)39-30/h4-20H,3H2,1-2H3/b32-20+. The summed E-state index contributed by atoms with van der Waals surface area (Å²) >= 11 is 1.13. The number of amides is 1. The van der Waals surface area contributed by atoms with Gasteiger partial charge in [-0.2, -0.15) is 10.1 Å². The number of benzene rings is 4. The summed E-state index contributed by atoms with van der Waals surface area (Å²) in [6, 6.07) is 26.4. The minimum Gasteiger partial charge on any atom is -0.267 e. The first-order valence-corrected chi connectivity index (χ1v) is 14.7. The average Bonchev–Trinajstić information content (AvgIpc) is 3.37. The molecule has 1 aromatic heterocycles. The average molecular weight is 573 g/mol. The van der Waals surface area contributed by atoms with Gasteiger partial charge < -0.3 is 0 Å². The Hall–Kier alpha value is -4.41. The lowest BCUT2D eigenvalue weighted by Crippen LogP contribution is -2.31. The number of para-hydroxylation sites is 1. The Bertz CT molecular complexity index is 1790. The molecule has 7 nitrogen and oxygen atoms in total. The van der Waals surface area contributed by atoms with Crippen LogP contribution in [0.5, 0.6) is 0 Å². The van der Waals surface area contributed by atoms with E-state index in [9.17, 15) is 17.6 Å². The molecular weight excluding hydrogens is 547 g/mol. The van der Waals surface area contributed by atoms with Crippen molar-refractivity contribution in [3.63, 3.8) is 0 Å². The largest absolute Gasteiger partial charge is 0.280 e. The Morgan fingerprint density at radius 3 is 2.35 bits per heavy atom. The second-order valence-electron chi connectivity index (χ2n) is 8.91. The lowest BCUT2D eigenvalue weighted by molar-refractivity contribution is 0.0987. The molecule has 0 radical (unpaired) electrons. The van der Waals surface area contributed by atoms with Crippen LogP contribution in [0.1, 0.15) is 28.4 Å². The van der Waals surface area contributed by atoms with Crippen LogP contribution in [0.3, 0.4) is 0 Å². The van der Waals surface area contributed by atoms with Gasteiger partial charge in [-0.1, -0.05) is 59.4 Å². The highest BCUT2D eigenvalue weighted by Crippen LogP contribution is 2.31. The highest BCUT2D eigenvalue weighted by atomic mass is 32.2. The smallest absolute Gasteiger partial charge is 0.267 e. The van der Waals surface area contributed by atoms with E-state index >= 15 is 0 Å². The number of aryl methyl sites for hydroxylation is 1. The number of nitrogens with zero attached hydrogens (tertiary/aromatic N) is 4. The summed E-state index contributed by atoms with van der Waals surface area (Å²) in [7, 11) is -3.86. The molecule has 0 aliphatic carbocycles. The molecule has 0 N–H and O–H groups in total. The van der Waals surface area contributed by atoms with Crippen LogP contribution in [-0.4, -0.2) is 32.1 Å². The Morgan fingerprint density at radius 1 is 0.975 bits per heavy atom. The zero-order valence-electron chi connectivity index (χ0n) is 21.7. The third-order valence-corrected chi connectivity index (χ3v) is 9.04. The van der Waals surface area contributed by atoms with Crippen LogP contribution in [0, 0.1) is 12.7 Å². The summed E-state index contributed by atoms with van der Waals surface area (Å²) in [5, 5.41) is 5.83. The number of hydrogen-bond donors (Lipinski definition) is 0. The molecule has 0 saturated carbocycles. The quantitative estimate of drug-likeness (QED) is 0.154. The number of hydrazone groups is 1. The summed E-state index contributed by atoms with van der Waals surface area (Å²) in [5.74, 6) is -0.917. The molecule has 4 aromatic carbocycles. The maximum absolute atomic E-state index is 13.8. The van der Waals surface area contributed by atoms with Crippen molar-refractivity contribution in [2.75, 3.05) is 15.9 Å². The van der Waals surface area contributed by atoms with Crippen LogP contribution in [0.2, 0.25) is 0 Å². The summed E-state index contributed by atoms with van der Waals surface area (Å²) in [4.78, 5) is 18.2. The molecule has 0 saturated heterocycles. The molecule has 10 heteroatoms. The van der Waals surface area contributed by atoms with E-state index in [4.69, 9.17) is 0 Å². The maximum atomic E-state index is 13.8. The molecule has 5 rings (SSSR count). The first-order chi connectivity index (χ1) is 19.3. The van der Waals surface area contributed by atoms with Gasteiger partial charge in [0.1, 0.15) is 5.82 Å². The predicted octanol–water partition coefficient (Wildman–Crippen LogP) is 6.64. The van der Waals surface area contributed by atoms with E-state index in [1.807, 2.05) is 37.3 Å². The number of rotatable bonds is 8. The topological polar surface area (TPSA) is 82.9 Å². The van der Waals surface area contributed by atoms with E-state index in [2.05, 4.69) is 10.1 Å². The lowest BCUT2D eigenvalue weighted by atomic mass is 10.2. The van der Waals surface area contributed by atoms with E-state index in [1.54, 1.807) is 43.5 Å². The van der Waals surface area contributed by atoms with E-state index in [-0.39, 0.29) is 22.1 Å². The highest BCUT2D eigenvalue weighted by molar-refractivity contribution is 7.92. The molecule has 0 atom stereocenters. The van der Waals surface area contributed by atoms with Gasteiger partial charge in [-0.3, -0.25) is 9.10 Å². The Morgan fingerprint density at radius 2 is 1.68 bits per heavy atom. The van der Waals surface area contributed by atoms with Crippen molar-refractivity contribution < 1.29 is 17.6 Å². The summed E-state index contributed by atoms with van der Waals surface area (Å²) in [5.41, 5.74) is 3.16. The first-order valence-electron chi connectivity index (χ1n) is 12.5. The van der Waals surface area contributed by atoms with Crippen molar-refractivity contribution in [2.45, 2.75) is 18.7 Å². The van der Waals surface area contributed by atoms with Gasteiger partial charge in [-0.15, -0.1) is 0 Å². The van der Waals surface area contributed by atoms with Crippen LogP contribution in [0.15, 0.2) is 107 Å². The van der Waals surface area contributed by atoms with Gasteiger partial charge in [0.15, 0.2) is 0 Å². The molecule has 5 aromatic rings. The molecular formula is C30H25FN4O3S2. The van der Waals surface area contributed by atoms with Crippen molar-refractivity contribution in [3.8, 4) is 0 Å². The van der Waals surface area contributed by atoms with E-state index in [1.165, 1.54) is 40.7 Å². The van der Waals surface area contributed by atoms with Gasteiger partial charge in [-0.05, 0) is 74.0 Å². The molecule has 0 spiro atoms. The zero-order chi connectivity index (χ0) is 28.3. The number of sulfonamides is 1. The van der Waals surface area contributed by atoms with Gasteiger partial charge in [0.2, 0.25) is 5.13 Å². The van der Waals surface area contributed by atoms with E-state index in [0.717, 1.165) is 27.5 Å². The van der Waals surface area contributed by atoms with Crippen molar-refractivity contribution >= 4 is 54.5 Å². The molecule has 1 amide bonds. The van der Waals surface area contributed by atoms with Gasteiger partial charge in [0, 0.05) is 12.1 Å². The van der Waals surface area contributed by atoms with Crippen LogP contribution in [-0.2, 0) is 10.0 Å². The number of fused-ring (bicyclic) bond motifs is 1. The van der Waals surface area contributed by atoms with Crippen molar-refractivity contribution in [1.29, 1.82) is 0 Å². The number of hydrogen-bond acceptors (Lipinski definition) is 6. The summed E-state index contributed by atoms with van der Waals surface area (Å²) in [6.45, 7) is 3.98. The third-order valence-electron chi connectivity index (χ3n) is 6.13. The molecule has 0 fully saturated rings. The number of carbonyl (C=O) groups is 1. The maximum Gasteiger partial charge on any atom is 0.280 e. The van der Waals surface area contributed by atoms with Crippen molar-refractivity contribution in [1.82, 2.24) is 4.98 Å². The first kappa shape index (κ1) is 27.2. The number of halogens is 1. The Balaban J connectivity index is 1.49. The second kappa shape index (κ2) is 11.4. The van der Waals surface area contributed by atoms with Gasteiger partial charge >= 0.3 is 0 Å². The molecule has 0 aliphatic heterocycles. The zero-order valence-corrected chi connectivity index (χ0v) is 23.4. The Kier molecular flexibility index (Phi) is 7.72. The summed E-state index contributed by atoms with van der Waals surface area (Å²) in [6.07, 6.45) is 1.54. The number of anilines is 2. The molecule has 202 valence electrons. The second-order valence-corrected chi connectivity index (χ2v) is 11.8. The molecule has 0 unspecified atom stereocenters. The Labute approximate surface area is 235 Å². The fraction of sp³-hybridized carbons (Fsp3) is 0.100. The number of carbonyl (C=O) groups excluding carboxylic acids is 1. The fourth-order valence-corrected chi connectivity index (χ4v) is 6.47. The van der Waals surface area contributed by atoms with Crippen LogP contribution < -0.4 is 9.31 Å². The van der Waals surface area contributed by atoms with E-state index < -0.39 is 21.7 Å². The minimum atomic E-state index is -3.86. The van der Waals surface area contributed by atoms with Gasteiger partial charge in [0.25, 0.3) is 15.9 Å². The van der Waals surface area contributed by atoms with Crippen molar-refractivity contribution in [2.24, 2.45) is 5.10 Å². The van der Waals surface area contributed by atoms with E-state index in [0.29, 0.717) is 15.9 Å². The van der Waals surface area contributed by atoms with Crippen LogP contribution in [0.25, 0.3) is 10.2 Å². The molecule has 0 bridgehead atoms. The van der Waals surface area contributed by atoms with Crippen LogP contribution in [0.4, 0.5) is 15.2 Å². The highest BCUT2D eigenvalue weighted by Gasteiger charge is 2.25. The molecule has 0 aliphatic rings. The monoisotopic (exact) mass is 572 g/mol. The fourth-order valence-electron chi connectivity index (χ4n) is 4.05. The van der Waals surface area contributed by atoms with Crippen LogP contribution >= 0.6 is 11.3 Å². The SMILES string of the molecule is CCN(c1ccccc1)S(=O)(=O)c1ccc(C(=O)N(/N=C/c2ccc(C)cc2)c2nc3ccc(F)cc3s2)cc1. The summed E-state index contributed by atoms with van der Waals surface area (Å²) < 4.78 is 42.4. The van der Waals surface area contributed by atoms with Gasteiger partial charge in [-0.25, -0.2) is 17.8 Å². The van der Waals surface area contributed by atoms with Crippen molar-refractivity contribution in [3.05, 3.63) is 120 Å². The van der Waals surface area contributed by atoms with Gasteiger partial charge in [0.05, 0.1) is 27.0 Å². The normalized spacial score (nSPS) is 11.7. The number of thiazole rings is 1. The third kappa shape index (κ3) is 5.63. The predicted molar refractivity (Wildman–Crippen MR) is 158 cm³/mol.